The van der Waals surface area contributed by atoms with Crippen molar-refractivity contribution in [2.45, 2.75) is 23.8 Å². The highest BCUT2D eigenvalue weighted by Crippen LogP contribution is 2.28. The lowest BCUT2D eigenvalue weighted by atomic mass is 10.2. The Bertz CT molecular complexity index is 528. The van der Waals surface area contributed by atoms with Crippen LogP contribution in [0.15, 0.2) is 27.6 Å². The van der Waals surface area contributed by atoms with Crippen molar-refractivity contribution in [2.24, 2.45) is 5.14 Å². The van der Waals surface area contributed by atoms with Crippen molar-refractivity contribution < 1.29 is 8.42 Å². The predicted octanol–water partition coefficient (Wildman–Crippen LogP) is 2.40. The van der Waals surface area contributed by atoms with Gasteiger partial charge in [-0.05, 0) is 52.7 Å². The lowest BCUT2D eigenvalue weighted by molar-refractivity contribution is 0.598. The summed E-state index contributed by atoms with van der Waals surface area (Å²) in [6, 6.07) is 5.26. The summed E-state index contributed by atoms with van der Waals surface area (Å²) in [6.07, 6.45) is 2.37. The first-order valence-electron chi connectivity index (χ1n) is 5.63. The molecule has 18 heavy (non-hydrogen) atoms. The molecule has 7 heteroatoms. The number of nitrogens with two attached hydrogens (primary N) is 1. The molecule has 4 nitrogen and oxygen atoms in total. The summed E-state index contributed by atoms with van der Waals surface area (Å²) in [4.78, 5) is 0.123. The molecule has 1 aromatic carbocycles. The molecule has 1 saturated heterocycles. The number of anilines is 1. The van der Waals surface area contributed by atoms with Gasteiger partial charge >= 0.3 is 0 Å². The highest BCUT2D eigenvalue weighted by Gasteiger charge is 2.16. The number of rotatable bonds is 3. The molecule has 1 heterocycles. The number of hydrogen-bond donors (Lipinski definition) is 2. The molecular weight excluding hydrogens is 336 g/mol. The number of thioether (sulfide) groups is 1. The SMILES string of the molecule is NS(=O)(=O)c1ccc(NC2CCCSC2)c(Br)c1. The molecule has 2 rings (SSSR count). The molecular formula is C11H15BrN2O2S2. The zero-order valence-corrected chi connectivity index (χ0v) is 12.9. The second-order valence-electron chi connectivity index (χ2n) is 4.25. The van der Waals surface area contributed by atoms with E-state index in [1.165, 1.54) is 24.3 Å². The Labute approximate surface area is 120 Å². The molecule has 1 unspecified atom stereocenters. The fourth-order valence-corrected chi connectivity index (χ4v) is 4.12. The van der Waals surface area contributed by atoms with E-state index in [1.54, 1.807) is 6.07 Å². The van der Waals surface area contributed by atoms with Gasteiger partial charge in [0.1, 0.15) is 0 Å². The monoisotopic (exact) mass is 350 g/mol. The maximum absolute atomic E-state index is 11.2. The summed E-state index contributed by atoms with van der Waals surface area (Å²) < 4.78 is 23.2. The fourth-order valence-electron chi connectivity index (χ4n) is 1.86. The molecule has 100 valence electrons. The summed E-state index contributed by atoms with van der Waals surface area (Å²) in [7, 11) is -3.64. The van der Waals surface area contributed by atoms with Crippen LogP contribution in [-0.2, 0) is 10.0 Å². The van der Waals surface area contributed by atoms with Crippen LogP contribution in [0.25, 0.3) is 0 Å². The van der Waals surface area contributed by atoms with Crippen LogP contribution in [-0.4, -0.2) is 26.0 Å². The molecule has 3 N–H and O–H groups in total. The number of hydrogen-bond acceptors (Lipinski definition) is 4. The smallest absolute Gasteiger partial charge is 0.238 e. The number of nitrogens with one attached hydrogen (secondary N) is 1. The molecule has 1 atom stereocenters. The molecule has 0 saturated carbocycles. The minimum absolute atomic E-state index is 0.123. The van der Waals surface area contributed by atoms with Crippen molar-refractivity contribution >= 4 is 43.4 Å². The van der Waals surface area contributed by atoms with Gasteiger partial charge in [-0.1, -0.05) is 0 Å². The van der Waals surface area contributed by atoms with Crippen molar-refractivity contribution in [1.29, 1.82) is 0 Å². The van der Waals surface area contributed by atoms with E-state index < -0.39 is 10.0 Å². The van der Waals surface area contributed by atoms with Crippen LogP contribution in [0.3, 0.4) is 0 Å². The molecule has 0 bridgehead atoms. The van der Waals surface area contributed by atoms with E-state index in [4.69, 9.17) is 5.14 Å². The first-order valence-corrected chi connectivity index (χ1v) is 9.13. The van der Waals surface area contributed by atoms with E-state index in [0.717, 1.165) is 22.3 Å². The average Bonchev–Trinajstić information content (AvgIpc) is 2.32. The Balaban J connectivity index is 2.14. The predicted molar refractivity (Wildman–Crippen MR) is 79.5 cm³/mol. The molecule has 0 radical (unpaired) electrons. The minimum Gasteiger partial charge on any atom is -0.381 e. The number of primary sulfonamides is 1. The van der Waals surface area contributed by atoms with Crippen molar-refractivity contribution in [1.82, 2.24) is 0 Å². The average molecular weight is 351 g/mol. The summed E-state index contributed by atoms with van der Waals surface area (Å²) in [5.41, 5.74) is 0.912. The summed E-state index contributed by atoms with van der Waals surface area (Å²) >= 11 is 5.32. The standard InChI is InChI=1S/C11H15BrN2O2S2/c12-10-6-9(18(13,15)16)3-4-11(10)14-8-2-1-5-17-7-8/h3-4,6,8,14H,1-2,5,7H2,(H2,13,15,16). The number of benzene rings is 1. The van der Waals surface area contributed by atoms with Crippen LogP contribution in [0, 0.1) is 0 Å². The van der Waals surface area contributed by atoms with E-state index in [0.29, 0.717) is 6.04 Å². The second-order valence-corrected chi connectivity index (χ2v) is 7.81. The van der Waals surface area contributed by atoms with Gasteiger partial charge in [-0.15, -0.1) is 0 Å². The lowest BCUT2D eigenvalue weighted by Gasteiger charge is -2.24. The van der Waals surface area contributed by atoms with Gasteiger partial charge in [-0.3, -0.25) is 0 Å². The van der Waals surface area contributed by atoms with E-state index in [1.807, 2.05) is 11.8 Å². The third kappa shape index (κ3) is 3.63. The molecule has 0 amide bonds. The Hall–Kier alpha value is -0.240. The van der Waals surface area contributed by atoms with Crippen LogP contribution in [0.4, 0.5) is 5.69 Å². The maximum atomic E-state index is 11.2. The molecule has 1 aliphatic rings. The van der Waals surface area contributed by atoms with Gasteiger partial charge in [-0.25, -0.2) is 13.6 Å². The third-order valence-corrected chi connectivity index (χ3v) is 5.57. The van der Waals surface area contributed by atoms with Gasteiger partial charge < -0.3 is 5.32 Å². The van der Waals surface area contributed by atoms with Gasteiger partial charge in [-0.2, -0.15) is 11.8 Å². The van der Waals surface area contributed by atoms with Gasteiger partial charge in [0, 0.05) is 22.0 Å². The zero-order chi connectivity index (χ0) is 13.2. The second kappa shape index (κ2) is 5.81. The molecule has 0 spiro atoms. The molecule has 1 aliphatic heterocycles. The molecule has 1 aromatic rings. The third-order valence-electron chi connectivity index (χ3n) is 2.79. The van der Waals surface area contributed by atoms with Crippen LogP contribution in [0.1, 0.15) is 12.8 Å². The lowest BCUT2D eigenvalue weighted by Crippen LogP contribution is -2.25. The summed E-state index contributed by atoms with van der Waals surface area (Å²) in [5.74, 6) is 2.31. The van der Waals surface area contributed by atoms with Crippen LogP contribution < -0.4 is 10.5 Å². The normalized spacial score (nSPS) is 20.7. The first-order chi connectivity index (χ1) is 8.47. The topological polar surface area (TPSA) is 72.2 Å². The molecule has 1 fully saturated rings. The first kappa shape index (κ1) is 14.2. The quantitative estimate of drug-likeness (QED) is 0.877. The summed E-state index contributed by atoms with van der Waals surface area (Å²) in [6.45, 7) is 0. The largest absolute Gasteiger partial charge is 0.381 e. The van der Waals surface area contributed by atoms with Crippen molar-refractivity contribution in [3.8, 4) is 0 Å². The number of sulfonamides is 1. The zero-order valence-electron chi connectivity index (χ0n) is 9.73. The highest BCUT2D eigenvalue weighted by atomic mass is 79.9. The van der Waals surface area contributed by atoms with Crippen molar-refractivity contribution in [3.63, 3.8) is 0 Å². The van der Waals surface area contributed by atoms with Crippen molar-refractivity contribution in [3.05, 3.63) is 22.7 Å². The summed E-state index contributed by atoms with van der Waals surface area (Å²) in [5, 5.41) is 8.51. The molecule has 0 aromatic heterocycles. The minimum atomic E-state index is -3.64. The Kier molecular flexibility index (Phi) is 4.58. The van der Waals surface area contributed by atoms with Crippen LogP contribution >= 0.6 is 27.7 Å². The van der Waals surface area contributed by atoms with Crippen molar-refractivity contribution in [2.75, 3.05) is 16.8 Å². The van der Waals surface area contributed by atoms with E-state index in [2.05, 4.69) is 21.2 Å². The Morgan fingerprint density at radius 3 is 2.78 bits per heavy atom. The highest BCUT2D eigenvalue weighted by molar-refractivity contribution is 9.10. The fraction of sp³-hybridized carbons (Fsp3) is 0.455. The van der Waals surface area contributed by atoms with Gasteiger partial charge in [0.15, 0.2) is 0 Å². The Morgan fingerprint density at radius 1 is 1.44 bits per heavy atom. The molecule has 0 aliphatic carbocycles. The van der Waals surface area contributed by atoms with E-state index in [-0.39, 0.29) is 4.90 Å². The van der Waals surface area contributed by atoms with E-state index >= 15 is 0 Å². The van der Waals surface area contributed by atoms with Gasteiger partial charge in [0.2, 0.25) is 10.0 Å². The maximum Gasteiger partial charge on any atom is 0.238 e. The van der Waals surface area contributed by atoms with Gasteiger partial charge in [0.25, 0.3) is 0 Å². The van der Waals surface area contributed by atoms with Crippen LogP contribution in [0.5, 0.6) is 0 Å². The van der Waals surface area contributed by atoms with Gasteiger partial charge in [0.05, 0.1) is 4.90 Å². The number of halogens is 1. The van der Waals surface area contributed by atoms with E-state index in [9.17, 15) is 8.42 Å². The Morgan fingerprint density at radius 2 is 2.22 bits per heavy atom. The van der Waals surface area contributed by atoms with Crippen LogP contribution in [0.2, 0.25) is 0 Å².